The van der Waals surface area contributed by atoms with Crippen LogP contribution < -0.4 is 0 Å². The van der Waals surface area contributed by atoms with Crippen LogP contribution in [0.1, 0.15) is 40.0 Å². The van der Waals surface area contributed by atoms with Gasteiger partial charge in [-0.05, 0) is 35.5 Å². The SMILES string of the molecule is CC(C)(C)C12CC(CO)(C1)C2. The first-order valence-electron chi connectivity index (χ1n) is 4.54. The fourth-order valence-electron chi connectivity index (χ4n) is 2.96. The monoisotopic (exact) mass is 154 g/mol. The van der Waals surface area contributed by atoms with Gasteiger partial charge in [-0.2, -0.15) is 0 Å². The van der Waals surface area contributed by atoms with Gasteiger partial charge in [0.15, 0.2) is 0 Å². The van der Waals surface area contributed by atoms with E-state index in [4.69, 9.17) is 5.11 Å². The second-order valence-corrected chi connectivity index (χ2v) is 5.72. The van der Waals surface area contributed by atoms with E-state index < -0.39 is 0 Å². The van der Waals surface area contributed by atoms with E-state index in [2.05, 4.69) is 20.8 Å². The smallest absolute Gasteiger partial charge is 0.0488 e. The summed E-state index contributed by atoms with van der Waals surface area (Å²) in [6, 6.07) is 0. The van der Waals surface area contributed by atoms with Crippen LogP contribution in [0.25, 0.3) is 0 Å². The lowest BCUT2D eigenvalue weighted by Gasteiger charge is -2.75. The van der Waals surface area contributed by atoms with Gasteiger partial charge >= 0.3 is 0 Å². The summed E-state index contributed by atoms with van der Waals surface area (Å²) in [6.45, 7) is 7.40. The average Bonchev–Trinajstić information content (AvgIpc) is 1.53. The third-order valence-electron chi connectivity index (χ3n) is 4.07. The van der Waals surface area contributed by atoms with Gasteiger partial charge in [-0.3, -0.25) is 0 Å². The first kappa shape index (κ1) is 7.60. The minimum atomic E-state index is 0.382. The Bertz CT molecular complexity index is 168. The lowest BCUT2D eigenvalue weighted by molar-refractivity contribution is -0.272. The third-order valence-corrected chi connectivity index (χ3v) is 4.07. The molecule has 3 rings (SSSR count). The predicted octanol–water partition coefficient (Wildman–Crippen LogP) is 2.20. The second kappa shape index (κ2) is 1.66. The number of hydrogen-bond donors (Lipinski definition) is 1. The predicted molar refractivity (Wildman–Crippen MR) is 45.3 cm³/mol. The van der Waals surface area contributed by atoms with E-state index in [0.717, 1.165) is 0 Å². The van der Waals surface area contributed by atoms with Gasteiger partial charge in [-0.1, -0.05) is 20.8 Å². The zero-order chi connectivity index (χ0) is 8.33. The Hall–Kier alpha value is -0.0400. The van der Waals surface area contributed by atoms with Crippen molar-refractivity contribution >= 4 is 0 Å². The van der Waals surface area contributed by atoms with Crippen molar-refractivity contribution in [2.45, 2.75) is 40.0 Å². The molecule has 1 heteroatoms. The van der Waals surface area contributed by atoms with Crippen molar-refractivity contribution in [2.75, 3.05) is 6.61 Å². The minimum absolute atomic E-state index is 0.382. The highest BCUT2D eigenvalue weighted by Crippen LogP contribution is 2.78. The van der Waals surface area contributed by atoms with Crippen LogP contribution >= 0.6 is 0 Å². The third kappa shape index (κ3) is 0.703. The Balaban J connectivity index is 2.04. The zero-order valence-electron chi connectivity index (χ0n) is 7.78. The number of hydrogen-bond acceptors (Lipinski definition) is 1. The van der Waals surface area contributed by atoms with Gasteiger partial charge in [0.1, 0.15) is 0 Å². The Morgan fingerprint density at radius 1 is 1.18 bits per heavy atom. The topological polar surface area (TPSA) is 20.2 Å². The summed E-state index contributed by atoms with van der Waals surface area (Å²) in [7, 11) is 0. The molecule has 2 bridgehead atoms. The van der Waals surface area contributed by atoms with Crippen LogP contribution in [0.2, 0.25) is 0 Å². The summed E-state index contributed by atoms with van der Waals surface area (Å²) >= 11 is 0. The van der Waals surface area contributed by atoms with Crippen molar-refractivity contribution in [2.24, 2.45) is 16.2 Å². The lowest BCUT2D eigenvalue weighted by Crippen LogP contribution is -2.68. The van der Waals surface area contributed by atoms with Crippen LogP contribution in [0, 0.1) is 16.2 Å². The number of aliphatic hydroxyl groups is 1. The largest absolute Gasteiger partial charge is 0.396 e. The fraction of sp³-hybridized carbons (Fsp3) is 1.00. The zero-order valence-corrected chi connectivity index (χ0v) is 7.78. The van der Waals surface area contributed by atoms with E-state index in [0.29, 0.717) is 22.9 Å². The van der Waals surface area contributed by atoms with Crippen LogP contribution in [0.5, 0.6) is 0 Å². The second-order valence-electron chi connectivity index (χ2n) is 5.72. The van der Waals surface area contributed by atoms with Crippen molar-refractivity contribution in [3.05, 3.63) is 0 Å². The molecule has 1 nitrogen and oxygen atoms in total. The van der Waals surface area contributed by atoms with Crippen molar-refractivity contribution < 1.29 is 5.11 Å². The fourth-order valence-corrected chi connectivity index (χ4v) is 2.96. The molecule has 0 atom stereocenters. The van der Waals surface area contributed by atoms with E-state index >= 15 is 0 Å². The molecule has 0 aliphatic heterocycles. The van der Waals surface area contributed by atoms with E-state index in [-0.39, 0.29) is 0 Å². The van der Waals surface area contributed by atoms with E-state index in [1.165, 1.54) is 19.3 Å². The van der Waals surface area contributed by atoms with Crippen molar-refractivity contribution in [3.63, 3.8) is 0 Å². The van der Waals surface area contributed by atoms with Crippen LogP contribution in [0.15, 0.2) is 0 Å². The summed E-state index contributed by atoms with van der Waals surface area (Å²) in [6.07, 6.45) is 3.83. The molecule has 1 N–H and O–H groups in total. The Labute approximate surface area is 68.8 Å². The highest BCUT2D eigenvalue weighted by Gasteiger charge is 2.70. The molecular weight excluding hydrogens is 136 g/mol. The Morgan fingerprint density at radius 3 is 1.91 bits per heavy atom. The first-order chi connectivity index (χ1) is 4.93. The normalized spacial score (nSPS) is 48.0. The summed E-state index contributed by atoms with van der Waals surface area (Å²) in [5, 5.41) is 9.06. The maximum absolute atomic E-state index is 9.06. The number of aliphatic hydroxyl groups excluding tert-OH is 1. The van der Waals surface area contributed by atoms with Crippen LogP contribution in [0.3, 0.4) is 0 Å². The highest BCUT2D eigenvalue weighted by atomic mass is 16.3. The van der Waals surface area contributed by atoms with E-state index in [9.17, 15) is 0 Å². The maximum atomic E-state index is 9.06. The molecule has 64 valence electrons. The van der Waals surface area contributed by atoms with Gasteiger partial charge in [0, 0.05) is 6.61 Å². The summed E-state index contributed by atoms with van der Waals surface area (Å²) in [5.41, 5.74) is 1.45. The molecule has 0 radical (unpaired) electrons. The molecule has 0 aromatic carbocycles. The van der Waals surface area contributed by atoms with Gasteiger partial charge in [-0.25, -0.2) is 0 Å². The van der Waals surface area contributed by atoms with Gasteiger partial charge < -0.3 is 5.11 Å². The summed E-state index contributed by atoms with van der Waals surface area (Å²) in [4.78, 5) is 0. The highest BCUT2D eigenvalue weighted by molar-refractivity contribution is 5.20. The van der Waals surface area contributed by atoms with E-state index in [1.807, 2.05) is 0 Å². The molecule has 3 aliphatic rings. The standard InChI is InChI=1S/C10H18O/c1-8(2,3)10-4-9(5-10,6-10)7-11/h11H,4-7H2,1-3H3. The van der Waals surface area contributed by atoms with Crippen molar-refractivity contribution in [3.8, 4) is 0 Å². The molecule has 3 saturated carbocycles. The lowest BCUT2D eigenvalue weighted by atomic mass is 9.29. The molecule has 3 fully saturated rings. The molecule has 0 aromatic heterocycles. The van der Waals surface area contributed by atoms with Crippen molar-refractivity contribution in [1.29, 1.82) is 0 Å². The van der Waals surface area contributed by atoms with Gasteiger partial charge in [0.05, 0.1) is 0 Å². The molecule has 0 saturated heterocycles. The number of rotatable bonds is 1. The molecular formula is C10H18O. The molecule has 0 spiro atoms. The molecule has 0 aromatic rings. The van der Waals surface area contributed by atoms with Crippen LogP contribution in [-0.2, 0) is 0 Å². The molecule has 0 heterocycles. The molecule has 0 amide bonds. The quantitative estimate of drug-likeness (QED) is 0.614. The van der Waals surface area contributed by atoms with Crippen LogP contribution in [0.4, 0.5) is 0 Å². The van der Waals surface area contributed by atoms with Gasteiger partial charge in [-0.15, -0.1) is 0 Å². The van der Waals surface area contributed by atoms with Crippen molar-refractivity contribution in [1.82, 2.24) is 0 Å². The van der Waals surface area contributed by atoms with Gasteiger partial charge in [0.2, 0.25) is 0 Å². The maximum Gasteiger partial charge on any atom is 0.0488 e. The molecule has 0 unspecified atom stereocenters. The minimum Gasteiger partial charge on any atom is -0.396 e. The van der Waals surface area contributed by atoms with Crippen LogP contribution in [-0.4, -0.2) is 11.7 Å². The molecule has 3 aliphatic carbocycles. The first-order valence-corrected chi connectivity index (χ1v) is 4.54. The van der Waals surface area contributed by atoms with E-state index in [1.54, 1.807) is 0 Å². The Kier molecular flexibility index (Phi) is 1.15. The molecule has 11 heavy (non-hydrogen) atoms. The summed E-state index contributed by atoms with van der Waals surface area (Å²) < 4.78 is 0. The summed E-state index contributed by atoms with van der Waals surface area (Å²) in [5.74, 6) is 0. The average molecular weight is 154 g/mol. The van der Waals surface area contributed by atoms with Gasteiger partial charge in [0.25, 0.3) is 0 Å². The Morgan fingerprint density at radius 2 is 1.64 bits per heavy atom.